The number of amides is 1. The second kappa shape index (κ2) is 11.8. The molecule has 9 heteroatoms. The highest BCUT2D eigenvalue weighted by Gasteiger charge is 2.24. The summed E-state index contributed by atoms with van der Waals surface area (Å²) in [4.78, 5) is 29.6. The number of rotatable bonds is 11. The number of carbonyl (C=O) groups is 2. The maximum absolute atomic E-state index is 14.1. The third-order valence-electron chi connectivity index (χ3n) is 5.97. The summed E-state index contributed by atoms with van der Waals surface area (Å²) in [5, 5.41) is 2.84. The third kappa shape index (κ3) is 6.83. The average Bonchev–Trinajstić information content (AvgIpc) is 3.74. The van der Waals surface area contributed by atoms with E-state index in [4.69, 9.17) is 19.9 Å². The first-order valence-electron chi connectivity index (χ1n) is 12.1. The van der Waals surface area contributed by atoms with Crippen molar-refractivity contribution in [3.05, 3.63) is 77.2 Å². The van der Waals surface area contributed by atoms with Crippen LogP contribution in [0.25, 0.3) is 11.3 Å². The maximum Gasteiger partial charge on any atom is 0.322 e. The van der Waals surface area contributed by atoms with Gasteiger partial charge in [0.05, 0.1) is 25.0 Å². The SMILES string of the molecule is COc1ccc(CNC(=O)c2cc(-c3ncccc3COC(=O)[C@H](C)N)ccc2OCC2CC2)cc1F. The summed E-state index contributed by atoms with van der Waals surface area (Å²) in [6.45, 7) is 2.20. The molecule has 194 valence electrons. The molecule has 0 aliphatic heterocycles. The molecule has 3 aromatic rings. The Labute approximate surface area is 214 Å². The third-order valence-corrected chi connectivity index (χ3v) is 5.97. The van der Waals surface area contributed by atoms with Gasteiger partial charge in [0.25, 0.3) is 5.91 Å². The summed E-state index contributed by atoms with van der Waals surface area (Å²) >= 11 is 0. The molecular weight excluding hydrogens is 477 g/mol. The lowest BCUT2D eigenvalue weighted by atomic mass is 10.0. The van der Waals surface area contributed by atoms with Crippen molar-refractivity contribution in [3.8, 4) is 22.8 Å². The number of ether oxygens (including phenoxy) is 3. The molecule has 1 heterocycles. The zero-order valence-electron chi connectivity index (χ0n) is 20.8. The molecule has 1 fully saturated rings. The number of hydrogen-bond acceptors (Lipinski definition) is 7. The van der Waals surface area contributed by atoms with E-state index in [1.165, 1.54) is 19.2 Å². The van der Waals surface area contributed by atoms with Gasteiger partial charge >= 0.3 is 5.97 Å². The minimum Gasteiger partial charge on any atom is -0.494 e. The summed E-state index contributed by atoms with van der Waals surface area (Å²) < 4.78 is 30.3. The Morgan fingerprint density at radius 3 is 2.65 bits per heavy atom. The van der Waals surface area contributed by atoms with E-state index in [2.05, 4.69) is 10.3 Å². The largest absolute Gasteiger partial charge is 0.494 e. The molecule has 0 radical (unpaired) electrons. The van der Waals surface area contributed by atoms with Crippen molar-refractivity contribution in [2.24, 2.45) is 11.7 Å². The first-order valence-corrected chi connectivity index (χ1v) is 12.1. The molecule has 1 aromatic heterocycles. The Bertz CT molecular complexity index is 1280. The standard InChI is InChI=1S/C28H30FN3O5/c1-17(30)28(34)37-16-21-4-3-11-31-26(21)20-8-10-24(36-15-18-5-6-18)22(13-20)27(33)32-14-19-7-9-25(35-2)23(29)12-19/h3-4,7-13,17-18H,5-6,14-16,30H2,1-2H3,(H,32,33)/t17-/m0/s1. The van der Waals surface area contributed by atoms with Gasteiger partial charge in [0.1, 0.15) is 18.4 Å². The number of nitrogens with zero attached hydrogens (tertiary/aromatic N) is 1. The van der Waals surface area contributed by atoms with Crippen molar-refractivity contribution in [2.45, 2.75) is 39.0 Å². The summed E-state index contributed by atoms with van der Waals surface area (Å²) in [6.07, 6.45) is 3.85. The van der Waals surface area contributed by atoms with Gasteiger partial charge in [0.2, 0.25) is 0 Å². The van der Waals surface area contributed by atoms with Crippen molar-refractivity contribution in [3.63, 3.8) is 0 Å². The lowest BCUT2D eigenvalue weighted by molar-refractivity contribution is -0.146. The van der Waals surface area contributed by atoms with E-state index in [9.17, 15) is 14.0 Å². The Kier molecular flexibility index (Phi) is 8.35. The molecule has 3 N–H and O–H groups in total. The van der Waals surface area contributed by atoms with Gasteiger partial charge in [-0.3, -0.25) is 14.6 Å². The van der Waals surface area contributed by atoms with Crippen LogP contribution < -0.4 is 20.5 Å². The first kappa shape index (κ1) is 26.1. The number of pyridine rings is 1. The smallest absolute Gasteiger partial charge is 0.322 e. The van der Waals surface area contributed by atoms with Crippen LogP contribution in [-0.2, 0) is 22.7 Å². The Morgan fingerprint density at radius 1 is 1.16 bits per heavy atom. The van der Waals surface area contributed by atoms with Crippen molar-refractivity contribution < 1.29 is 28.2 Å². The van der Waals surface area contributed by atoms with Crippen molar-refractivity contribution in [1.82, 2.24) is 10.3 Å². The van der Waals surface area contributed by atoms with Gasteiger partial charge in [0.15, 0.2) is 11.6 Å². The van der Waals surface area contributed by atoms with Gasteiger partial charge in [-0.1, -0.05) is 12.1 Å². The van der Waals surface area contributed by atoms with Gasteiger partial charge in [0, 0.05) is 23.9 Å². The number of nitrogens with two attached hydrogens (primary N) is 1. The molecule has 1 saturated carbocycles. The van der Waals surface area contributed by atoms with Gasteiger partial charge in [-0.25, -0.2) is 4.39 Å². The van der Waals surface area contributed by atoms with E-state index >= 15 is 0 Å². The predicted molar refractivity (Wildman–Crippen MR) is 135 cm³/mol. The summed E-state index contributed by atoms with van der Waals surface area (Å²) in [5.74, 6) is -0.304. The average molecular weight is 508 g/mol. The second-order valence-corrected chi connectivity index (χ2v) is 9.02. The lowest BCUT2D eigenvalue weighted by Gasteiger charge is -2.15. The number of nitrogens with one attached hydrogen (secondary N) is 1. The molecule has 1 aliphatic carbocycles. The normalized spacial score (nSPS) is 13.5. The highest BCUT2D eigenvalue weighted by Crippen LogP contribution is 2.32. The Hall–Kier alpha value is -3.98. The molecular formula is C28H30FN3O5. The first-order chi connectivity index (χ1) is 17.9. The number of hydrogen-bond donors (Lipinski definition) is 2. The van der Waals surface area contributed by atoms with Crippen LogP contribution in [0.3, 0.4) is 0 Å². The molecule has 1 aliphatic rings. The fourth-order valence-corrected chi connectivity index (χ4v) is 3.67. The minimum absolute atomic E-state index is 0.00591. The highest BCUT2D eigenvalue weighted by atomic mass is 19.1. The van der Waals surface area contributed by atoms with Crippen LogP contribution in [0.2, 0.25) is 0 Å². The van der Waals surface area contributed by atoms with Crippen LogP contribution in [0, 0.1) is 11.7 Å². The molecule has 1 atom stereocenters. The quantitative estimate of drug-likeness (QED) is 0.377. The van der Waals surface area contributed by atoms with Crippen LogP contribution in [-0.4, -0.2) is 36.6 Å². The topological polar surface area (TPSA) is 113 Å². The Balaban J connectivity index is 1.57. The van der Waals surface area contributed by atoms with Crippen molar-refractivity contribution in [2.75, 3.05) is 13.7 Å². The zero-order chi connectivity index (χ0) is 26.4. The maximum atomic E-state index is 14.1. The molecule has 0 unspecified atom stereocenters. The van der Waals surface area contributed by atoms with Crippen LogP contribution in [0.15, 0.2) is 54.7 Å². The van der Waals surface area contributed by atoms with E-state index in [-0.39, 0.29) is 24.8 Å². The van der Waals surface area contributed by atoms with E-state index in [0.717, 1.165) is 12.8 Å². The van der Waals surface area contributed by atoms with Gasteiger partial charge in [-0.05, 0) is 67.6 Å². The second-order valence-electron chi connectivity index (χ2n) is 9.02. The monoisotopic (exact) mass is 507 g/mol. The number of carbonyl (C=O) groups excluding carboxylic acids is 2. The molecule has 0 bridgehead atoms. The molecule has 0 saturated heterocycles. The van der Waals surface area contributed by atoms with Crippen molar-refractivity contribution in [1.29, 1.82) is 0 Å². The Morgan fingerprint density at radius 2 is 1.95 bits per heavy atom. The highest BCUT2D eigenvalue weighted by molar-refractivity contribution is 5.98. The van der Waals surface area contributed by atoms with Crippen LogP contribution >= 0.6 is 0 Å². The van der Waals surface area contributed by atoms with Crippen molar-refractivity contribution >= 4 is 11.9 Å². The van der Waals surface area contributed by atoms with E-state index in [1.807, 2.05) is 6.07 Å². The van der Waals surface area contributed by atoms with E-state index in [1.54, 1.807) is 43.5 Å². The molecule has 2 aromatic carbocycles. The number of esters is 1. The summed E-state index contributed by atoms with van der Waals surface area (Å²) in [7, 11) is 1.39. The van der Waals surface area contributed by atoms with Crippen LogP contribution in [0.5, 0.6) is 11.5 Å². The van der Waals surface area contributed by atoms with E-state index < -0.39 is 17.8 Å². The number of benzene rings is 2. The van der Waals surface area contributed by atoms with Crippen LogP contribution in [0.1, 0.15) is 41.3 Å². The van der Waals surface area contributed by atoms with Crippen LogP contribution in [0.4, 0.5) is 4.39 Å². The fraction of sp³-hybridized carbons (Fsp3) is 0.321. The van der Waals surface area contributed by atoms with Gasteiger partial charge in [-0.2, -0.15) is 0 Å². The van der Waals surface area contributed by atoms with Gasteiger partial charge < -0.3 is 25.3 Å². The number of aromatic nitrogens is 1. The van der Waals surface area contributed by atoms with E-state index in [0.29, 0.717) is 46.2 Å². The minimum atomic E-state index is -0.738. The molecule has 4 rings (SSSR count). The fourth-order valence-electron chi connectivity index (χ4n) is 3.67. The van der Waals surface area contributed by atoms with Gasteiger partial charge in [-0.15, -0.1) is 0 Å². The summed E-state index contributed by atoms with van der Waals surface area (Å²) in [5.41, 5.74) is 8.41. The molecule has 37 heavy (non-hydrogen) atoms. The zero-order valence-corrected chi connectivity index (χ0v) is 20.8. The lowest BCUT2D eigenvalue weighted by Crippen LogP contribution is -2.28. The molecule has 0 spiro atoms. The molecule has 1 amide bonds. The summed E-state index contributed by atoms with van der Waals surface area (Å²) in [6, 6.07) is 12.6. The predicted octanol–water partition coefficient (Wildman–Crippen LogP) is 4.01. The number of halogens is 1. The molecule has 8 nitrogen and oxygen atoms in total. The number of methoxy groups -OCH3 is 1.